The van der Waals surface area contributed by atoms with Gasteiger partial charge in [-0.15, -0.1) is 11.3 Å². The van der Waals surface area contributed by atoms with Crippen molar-refractivity contribution in [3.63, 3.8) is 0 Å². The van der Waals surface area contributed by atoms with Crippen LogP contribution >= 0.6 is 22.7 Å². The molecule has 0 aliphatic rings. The zero-order valence-electron chi connectivity index (χ0n) is 8.10. The van der Waals surface area contributed by atoms with Crippen LogP contribution in [0.2, 0.25) is 0 Å². The maximum atomic E-state index is 11.6. The second-order valence-corrected chi connectivity index (χ2v) is 4.61. The van der Waals surface area contributed by atoms with Crippen molar-refractivity contribution in [1.29, 1.82) is 0 Å². The molecule has 2 aromatic heterocycles. The first kappa shape index (κ1) is 10.3. The number of hydrogen-bond donors (Lipinski definition) is 0. The lowest BCUT2D eigenvalue weighted by Crippen LogP contribution is -2.04. The Morgan fingerprint density at radius 3 is 3.07 bits per heavy atom. The van der Waals surface area contributed by atoms with Crippen LogP contribution in [0, 0.1) is 6.92 Å². The fourth-order valence-electron chi connectivity index (χ4n) is 1.09. The second-order valence-electron chi connectivity index (χ2n) is 2.97. The predicted octanol–water partition coefficient (Wildman–Crippen LogP) is 2.87. The third kappa shape index (κ3) is 2.43. The molecule has 0 saturated carbocycles. The van der Waals surface area contributed by atoms with Crippen LogP contribution in [0.25, 0.3) is 0 Å². The molecule has 0 fully saturated rings. The fourth-order valence-corrected chi connectivity index (χ4v) is 2.44. The Kier molecular flexibility index (Phi) is 3.13. The van der Waals surface area contributed by atoms with Crippen molar-refractivity contribution in [3.8, 4) is 0 Å². The Hall–Kier alpha value is -1.20. The summed E-state index contributed by atoms with van der Waals surface area (Å²) < 4.78 is 5.15. The highest BCUT2D eigenvalue weighted by molar-refractivity contribution is 7.11. The first-order valence-electron chi connectivity index (χ1n) is 4.35. The van der Waals surface area contributed by atoms with E-state index in [0.717, 1.165) is 11.3 Å². The van der Waals surface area contributed by atoms with Crippen molar-refractivity contribution in [1.82, 2.24) is 4.98 Å². The van der Waals surface area contributed by atoms with Gasteiger partial charge in [0.1, 0.15) is 11.5 Å². The Balaban J connectivity index is 1.96. The molecule has 5 heteroatoms. The molecular formula is C10H9NO2S2. The van der Waals surface area contributed by atoms with E-state index in [0.29, 0.717) is 11.5 Å². The number of carbonyl (C=O) groups is 1. The number of thiazole rings is 1. The summed E-state index contributed by atoms with van der Waals surface area (Å²) in [4.78, 5) is 16.2. The van der Waals surface area contributed by atoms with E-state index in [-0.39, 0.29) is 5.97 Å². The molecule has 0 bridgehead atoms. The first-order chi connectivity index (χ1) is 7.27. The third-order valence-corrected chi connectivity index (χ3v) is 3.52. The van der Waals surface area contributed by atoms with Crippen molar-refractivity contribution < 1.29 is 9.53 Å². The summed E-state index contributed by atoms with van der Waals surface area (Å²) in [7, 11) is 0. The highest BCUT2D eigenvalue weighted by atomic mass is 32.1. The summed E-state index contributed by atoms with van der Waals surface area (Å²) in [5, 5.41) is 3.92. The van der Waals surface area contributed by atoms with Gasteiger partial charge in [0.05, 0.1) is 11.2 Å². The SMILES string of the molecule is Cc1ncsc1C(=O)OCc1ccsc1. The summed E-state index contributed by atoms with van der Waals surface area (Å²) in [6.45, 7) is 2.14. The summed E-state index contributed by atoms with van der Waals surface area (Å²) in [5.74, 6) is -0.291. The number of carbonyl (C=O) groups excluding carboxylic acids is 1. The number of nitrogens with zero attached hydrogens (tertiary/aromatic N) is 1. The molecule has 0 saturated heterocycles. The van der Waals surface area contributed by atoms with Gasteiger partial charge in [-0.2, -0.15) is 11.3 Å². The van der Waals surface area contributed by atoms with Gasteiger partial charge in [0, 0.05) is 5.56 Å². The van der Waals surface area contributed by atoms with Gasteiger partial charge in [0.25, 0.3) is 0 Å². The molecule has 0 spiro atoms. The third-order valence-electron chi connectivity index (χ3n) is 1.88. The molecule has 0 aliphatic heterocycles. The molecule has 0 aromatic carbocycles. The number of esters is 1. The zero-order valence-corrected chi connectivity index (χ0v) is 9.73. The first-order valence-corrected chi connectivity index (χ1v) is 6.18. The minimum atomic E-state index is -0.291. The molecular weight excluding hydrogens is 230 g/mol. The smallest absolute Gasteiger partial charge is 0.350 e. The molecule has 2 aromatic rings. The minimum absolute atomic E-state index is 0.291. The summed E-state index contributed by atoms with van der Waals surface area (Å²) in [6, 6.07) is 1.94. The van der Waals surface area contributed by atoms with Crippen molar-refractivity contribution in [2.75, 3.05) is 0 Å². The van der Waals surface area contributed by atoms with E-state index in [9.17, 15) is 4.79 Å². The Bertz CT molecular complexity index is 448. The van der Waals surface area contributed by atoms with E-state index in [1.807, 2.05) is 16.8 Å². The number of thiophene rings is 1. The average Bonchev–Trinajstić information content (AvgIpc) is 2.84. The van der Waals surface area contributed by atoms with Gasteiger partial charge < -0.3 is 4.74 Å². The largest absolute Gasteiger partial charge is 0.457 e. The van der Waals surface area contributed by atoms with E-state index in [4.69, 9.17) is 4.74 Å². The Morgan fingerprint density at radius 2 is 2.47 bits per heavy atom. The monoisotopic (exact) mass is 239 g/mol. The topological polar surface area (TPSA) is 39.2 Å². The Morgan fingerprint density at radius 1 is 1.60 bits per heavy atom. The molecule has 0 unspecified atom stereocenters. The highest BCUT2D eigenvalue weighted by Gasteiger charge is 2.12. The Labute approximate surface area is 95.4 Å². The van der Waals surface area contributed by atoms with Crippen molar-refractivity contribution >= 4 is 28.6 Å². The quantitative estimate of drug-likeness (QED) is 0.773. The van der Waals surface area contributed by atoms with Crippen molar-refractivity contribution in [2.45, 2.75) is 13.5 Å². The molecule has 2 heterocycles. The molecule has 15 heavy (non-hydrogen) atoms. The number of aromatic nitrogens is 1. The van der Waals surface area contributed by atoms with E-state index in [2.05, 4.69) is 4.98 Å². The number of aryl methyl sites for hydroxylation is 1. The number of hydrogen-bond acceptors (Lipinski definition) is 5. The normalized spacial score (nSPS) is 10.2. The highest BCUT2D eigenvalue weighted by Crippen LogP contribution is 2.15. The van der Waals surface area contributed by atoms with Gasteiger partial charge >= 0.3 is 5.97 Å². The van der Waals surface area contributed by atoms with E-state index in [1.165, 1.54) is 11.3 Å². The lowest BCUT2D eigenvalue weighted by atomic mass is 10.3. The maximum absolute atomic E-state index is 11.6. The van der Waals surface area contributed by atoms with Crippen LogP contribution in [0.1, 0.15) is 20.9 Å². The van der Waals surface area contributed by atoms with Crippen LogP contribution in [0.15, 0.2) is 22.3 Å². The van der Waals surface area contributed by atoms with Crippen molar-refractivity contribution in [3.05, 3.63) is 38.5 Å². The molecule has 0 N–H and O–H groups in total. The average molecular weight is 239 g/mol. The van der Waals surface area contributed by atoms with Crippen LogP contribution in [-0.2, 0) is 11.3 Å². The van der Waals surface area contributed by atoms with Crippen LogP contribution < -0.4 is 0 Å². The van der Waals surface area contributed by atoms with Gasteiger partial charge in [-0.3, -0.25) is 0 Å². The van der Waals surface area contributed by atoms with E-state index >= 15 is 0 Å². The lowest BCUT2D eigenvalue weighted by Gasteiger charge is -2.01. The predicted molar refractivity (Wildman–Crippen MR) is 60.3 cm³/mol. The zero-order chi connectivity index (χ0) is 10.7. The number of ether oxygens (including phenoxy) is 1. The van der Waals surface area contributed by atoms with Gasteiger partial charge in [0.15, 0.2) is 0 Å². The molecule has 0 aliphatic carbocycles. The molecule has 3 nitrogen and oxygen atoms in total. The van der Waals surface area contributed by atoms with Gasteiger partial charge in [0.2, 0.25) is 0 Å². The van der Waals surface area contributed by atoms with Gasteiger partial charge in [-0.1, -0.05) is 0 Å². The van der Waals surface area contributed by atoms with E-state index < -0.39 is 0 Å². The lowest BCUT2D eigenvalue weighted by molar-refractivity contribution is 0.0478. The van der Waals surface area contributed by atoms with Crippen LogP contribution in [0.4, 0.5) is 0 Å². The molecule has 2 rings (SSSR count). The molecule has 0 radical (unpaired) electrons. The van der Waals surface area contributed by atoms with Crippen LogP contribution in [0.5, 0.6) is 0 Å². The van der Waals surface area contributed by atoms with Crippen molar-refractivity contribution in [2.24, 2.45) is 0 Å². The van der Waals surface area contributed by atoms with Crippen LogP contribution in [-0.4, -0.2) is 11.0 Å². The standard InChI is InChI=1S/C10H9NO2S2/c1-7-9(15-6-11-7)10(12)13-4-8-2-3-14-5-8/h2-3,5-6H,4H2,1H3. The fraction of sp³-hybridized carbons (Fsp3) is 0.200. The number of rotatable bonds is 3. The van der Waals surface area contributed by atoms with E-state index in [1.54, 1.807) is 23.8 Å². The summed E-state index contributed by atoms with van der Waals surface area (Å²) in [6.07, 6.45) is 0. The second kappa shape index (κ2) is 4.55. The minimum Gasteiger partial charge on any atom is -0.457 e. The molecule has 78 valence electrons. The van der Waals surface area contributed by atoms with Crippen LogP contribution in [0.3, 0.4) is 0 Å². The molecule has 0 amide bonds. The summed E-state index contributed by atoms with van der Waals surface area (Å²) in [5.41, 5.74) is 3.40. The van der Waals surface area contributed by atoms with Gasteiger partial charge in [-0.05, 0) is 23.8 Å². The summed E-state index contributed by atoms with van der Waals surface area (Å²) >= 11 is 2.90. The van der Waals surface area contributed by atoms with Gasteiger partial charge in [-0.25, -0.2) is 9.78 Å². The maximum Gasteiger partial charge on any atom is 0.350 e. The molecule has 0 atom stereocenters.